The van der Waals surface area contributed by atoms with Gasteiger partial charge in [-0.2, -0.15) is 0 Å². The molecule has 0 amide bonds. The van der Waals surface area contributed by atoms with Gasteiger partial charge in [0, 0.05) is 22.7 Å². The summed E-state index contributed by atoms with van der Waals surface area (Å²) in [6.07, 6.45) is 1.98. The Hall–Kier alpha value is -1.55. The Balaban J connectivity index is 2.11. The number of nitrogens with one attached hydrogen (secondary N) is 1. The van der Waals surface area contributed by atoms with Crippen LogP contribution < -0.4 is 5.32 Å². The maximum Gasteiger partial charge on any atom is 0.131 e. The van der Waals surface area contributed by atoms with E-state index in [9.17, 15) is 8.78 Å². The number of anilines is 1. The summed E-state index contributed by atoms with van der Waals surface area (Å²) in [6.45, 7) is 0.135. The van der Waals surface area contributed by atoms with E-state index in [0.29, 0.717) is 0 Å². The van der Waals surface area contributed by atoms with Crippen LogP contribution in [-0.2, 0) is 6.54 Å². The minimum absolute atomic E-state index is 0.0621. The van der Waals surface area contributed by atoms with Gasteiger partial charge in [-0.3, -0.25) is 0 Å². The quantitative estimate of drug-likeness (QED) is 0.827. The monoisotopic (exact) mass is 265 g/mol. The fourth-order valence-corrected chi connectivity index (χ4v) is 2.08. The van der Waals surface area contributed by atoms with E-state index in [-0.39, 0.29) is 12.1 Å². The second kappa shape index (κ2) is 5.87. The number of thioether (sulfide) groups is 1. The molecule has 0 heterocycles. The molecule has 18 heavy (non-hydrogen) atoms. The van der Waals surface area contributed by atoms with Crippen LogP contribution in [0.4, 0.5) is 14.5 Å². The van der Waals surface area contributed by atoms with Crippen LogP contribution in [-0.4, -0.2) is 6.26 Å². The van der Waals surface area contributed by atoms with Crippen molar-refractivity contribution in [2.45, 2.75) is 11.4 Å². The lowest BCUT2D eigenvalue weighted by molar-refractivity contribution is 0.560. The lowest BCUT2D eigenvalue weighted by atomic mass is 10.2. The topological polar surface area (TPSA) is 12.0 Å². The normalized spacial score (nSPS) is 10.4. The standard InChI is InChI=1S/C14H13F2NS/c1-18-11-5-2-4-10(8-11)17-9-12-13(15)6-3-7-14(12)16/h2-8,17H,9H2,1H3. The maximum atomic E-state index is 13.4. The fraction of sp³-hybridized carbons (Fsp3) is 0.143. The van der Waals surface area contributed by atoms with Crippen LogP contribution >= 0.6 is 11.8 Å². The van der Waals surface area contributed by atoms with E-state index in [4.69, 9.17) is 0 Å². The third-order valence-corrected chi connectivity index (χ3v) is 3.33. The first-order valence-electron chi connectivity index (χ1n) is 5.51. The highest BCUT2D eigenvalue weighted by Crippen LogP contribution is 2.20. The minimum Gasteiger partial charge on any atom is -0.381 e. The van der Waals surface area contributed by atoms with Gasteiger partial charge in [0.2, 0.25) is 0 Å². The summed E-state index contributed by atoms with van der Waals surface area (Å²) < 4.78 is 26.8. The predicted molar refractivity (Wildman–Crippen MR) is 71.9 cm³/mol. The second-order valence-corrected chi connectivity index (χ2v) is 4.67. The molecule has 1 nitrogen and oxygen atoms in total. The first-order chi connectivity index (χ1) is 8.70. The van der Waals surface area contributed by atoms with E-state index in [0.717, 1.165) is 10.6 Å². The molecule has 0 aromatic heterocycles. The Labute approximate surface area is 109 Å². The van der Waals surface area contributed by atoms with Gasteiger partial charge in [0.1, 0.15) is 11.6 Å². The average molecular weight is 265 g/mol. The maximum absolute atomic E-state index is 13.4. The lowest BCUT2D eigenvalue weighted by Crippen LogP contribution is -2.04. The minimum atomic E-state index is -0.525. The molecule has 2 rings (SSSR count). The van der Waals surface area contributed by atoms with E-state index in [1.54, 1.807) is 11.8 Å². The van der Waals surface area contributed by atoms with Gasteiger partial charge in [-0.1, -0.05) is 12.1 Å². The van der Waals surface area contributed by atoms with Crippen LogP contribution in [0.5, 0.6) is 0 Å². The van der Waals surface area contributed by atoms with Gasteiger partial charge in [0.25, 0.3) is 0 Å². The highest BCUT2D eigenvalue weighted by Gasteiger charge is 2.07. The summed E-state index contributed by atoms with van der Waals surface area (Å²) in [5, 5.41) is 3.02. The second-order valence-electron chi connectivity index (χ2n) is 3.79. The molecule has 0 saturated carbocycles. The summed E-state index contributed by atoms with van der Waals surface area (Å²) in [5.74, 6) is -1.05. The van der Waals surface area contributed by atoms with Crippen LogP contribution in [0.1, 0.15) is 5.56 Å². The van der Waals surface area contributed by atoms with E-state index in [2.05, 4.69) is 5.32 Å². The predicted octanol–water partition coefficient (Wildman–Crippen LogP) is 4.30. The number of rotatable bonds is 4. The first kappa shape index (κ1) is 12.9. The molecule has 0 aliphatic carbocycles. The molecule has 4 heteroatoms. The number of hydrogen-bond acceptors (Lipinski definition) is 2. The molecule has 0 spiro atoms. The molecule has 2 aromatic rings. The molecule has 0 saturated heterocycles. The van der Waals surface area contributed by atoms with Crippen LogP contribution in [0.15, 0.2) is 47.4 Å². The molecular weight excluding hydrogens is 252 g/mol. The third-order valence-electron chi connectivity index (χ3n) is 2.60. The molecular formula is C14H13F2NS. The SMILES string of the molecule is CSc1cccc(NCc2c(F)cccc2F)c1. The molecule has 2 aromatic carbocycles. The highest BCUT2D eigenvalue weighted by atomic mass is 32.2. The molecule has 1 N–H and O–H groups in total. The van der Waals surface area contributed by atoms with Gasteiger partial charge in [-0.25, -0.2) is 8.78 Å². The van der Waals surface area contributed by atoms with Gasteiger partial charge in [0.05, 0.1) is 0 Å². The summed E-state index contributed by atoms with van der Waals surface area (Å²) in [5.41, 5.74) is 0.913. The van der Waals surface area contributed by atoms with Crippen molar-refractivity contribution in [1.82, 2.24) is 0 Å². The van der Waals surface area contributed by atoms with Crippen molar-refractivity contribution in [3.63, 3.8) is 0 Å². The van der Waals surface area contributed by atoms with Gasteiger partial charge in [0.15, 0.2) is 0 Å². The summed E-state index contributed by atoms with van der Waals surface area (Å²) in [6, 6.07) is 11.6. The van der Waals surface area contributed by atoms with E-state index >= 15 is 0 Å². The Morgan fingerprint density at radius 3 is 2.39 bits per heavy atom. The van der Waals surface area contributed by atoms with Crippen molar-refractivity contribution in [3.8, 4) is 0 Å². The zero-order chi connectivity index (χ0) is 13.0. The van der Waals surface area contributed by atoms with Crippen LogP contribution in [0.2, 0.25) is 0 Å². The largest absolute Gasteiger partial charge is 0.381 e. The van der Waals surface area contributed by atoms with Gasteiger partial charge >= 0.3 is 0 Å². The Bertz CT molecular complexity index is 523. The third kappa shape index (κ3) is 3.01. The molecule has 0 fully saturated rings. The van der Waals surface area contributed by atoms with Crippen LogP contribution in [0.25, 0.3) is 0 Å². The van der Waals surface area contributed by atoms with E-state index in [1.165, 1.54) is 18.2 Å². The lowest BCUT2D eigenvalue weighted by Gasteiger charge is -2.09. The summed E-state index contributed by atoms with van der Waals surface area (Å²) >= 11 is 1.62. The number of hydrogen-bond donors (Lipinski definition) is 1. The van der Waals surface area contributed by atoms with Gasteiger partial charge in [-0.15, -0.1) is 11.8 Å². The zero-order valence-electron chi connectivity index (χ0n) is 9.91. The Morgan fingerprint density at radius 2 is 1.72 bits per heavy atom. The van der Waals surface area contributed by atoms with Crippen molar-refractivity contribution in [3.05, 3.63) is 59.7 Å². The molecule has 0 unspecified atom stereocenters. The van der Waals surface area contributed by atoms with Crippen LogP contribution in [0.3, 0.4) is 0 Å². The van der Waals surface area contributed by atoms with Gasteiger partial charge in [-0.05, 0) is 36.6 Å². The fourth-order valence-electron chi connectivity index (χ4n) is 1.62. The molecule has 0 atom stereocenters. The van der Waals surface area contributed by atoms with E-state index < -0.39 is 11.6 Å². The van der Waals surface area contributed by atoms with Crippen molar-refractivity contribution in [1.29, 1.82) is 0 Å². The average Bonchev–Trinajstić information content (AvgIpc) is 2.38. The molecule has 0 aliphatic rings. The van der Waals surface area contributed by atoms with Crippen molar-refractivity contribution in [2.24, 2.45) is 0 Å². The molecule has 0 radical (unpaired) electrons. The zero-order valence-corrected chi connectivity index (χ0v) is 10.7. The number of halogens is 2. The van der Waals surface area contributed by atoms with Crippen LogP contribution in [0, 0.1) is 11.6 Å². The Morgan fingerprint density at radius 1 is 1.06 bits per heavy atom. The summed E-state index contributed by atoms with van der Waals surface area (Å²) in [7, 11) is 0. The van der Waals surface area contributed by atoms with Crippen molar-refractivity contribution in [2.75, 3.05) is 11.6 Å². The van der Waals surface area contributed by atoms with E-state index in [1.807, 2.05) is 30.5 Å². The Kier molecular flexibility index (Phi) is 4.20. The highest BCUT2D eigenvalue weighted by molar-refractivity contribution is 7.98. The smallest absolute Gasteiger partial charge is 0.131 e. The summed E-state index contributed by atoms with van der Waals surface area (Å²) in [4.78, 5) is 1.11. The molecule has 0 bridgehead atoms. The molecule has 94 valence electrons. The van der Waals surface area contributed by atoms with Crippen molar-refractivity contribution < 1.29 is 8.78 Å². The molecule has 0 aliphatic heterocycles. The van der Waals surface area contributed by atoms with Crippen molar-refractivity contribution >= 4 is 17.4 Å². The number of benzene rings is 2. The first-order valence-corrected chi connectivity index (χ1v) is 6.74. The van der Waals surface area contributed by atoms with Gasteiger partial charge < -0.3 is 5.32 Å².